The Kier molecular flexibility index (Phi) is 4.09. The molecule has 3 aromatic rings. The molecule has 144 valence electrons. The number of H-pyrrole nitrogens is 1. The lowest BCUT2D eigenvalue weighted by Crippen LogP contribution is -2.22. The molecule has 2 unspecified atom stereocenters. The van der Waals surface area contributed by atoms with Gasteiger partial charge < -0.3 is 9.64 Å². The summed E-state index contributed by atoms with van der Waals surface area (Å²) >= 11 is 0. The van der Waals surface area contributed by atoms with E-state index in [9.17, 15) is 4.79 Å². The maximum atomic E-state index is 12.3. The molecule has 3 heterocycles. The van der Waals surface area contributed by atoms with Crippen LogP contribution in [0.15, 0.2) is 64.6 Å². The molecule has 2 atom stereocenters. The Hall–Kier alpha value is -3.59. The van der Waals surface area contributed by atoms with Crippen LogP contribution in [-0.2, 0) is 0 Å². The van der Waals surface area contributed by atoms with E-state index in [0.717, 1.165) is 24.2 Å². The van der Waals surface area contributed by atoms with Gasteiger partial charge in [-0.05, 0) is 42.7 Å². The number of rotatable bonds is 3. The molecule has 1 N–H and O–H groups in total. The molecule has 0 spiro atoms. The van der Waals surface area contributed by atoms with Crippen molar-refractivity contribution >= 4 is 10.9 Å². The van der Waals surface area contributed by atoms with Crippen molar-refractivity contribution in [3.05, 3.63) is 87.8 Å². The normalized spacial score (nSPS) is 21.0. The lowest BCUT2D eigenvalue weighted by Gasteiger charge is -2.28. The van der Waals surface area contributed by atoms with Crippen LogP contribution in [0.3, 0.4) is 0 Å². The Balaban J connectivity index is 1.44. The van der Waals surface area contributed by atoms with Gasteiger partial charge in [0.2, 0.25) is 0 Å². The summed E-state index contributed by atoms with van der Waals surface area (Å²) in [5, 5.41) is 0.499. The van der Waals surface area contributed by atoms with Crippen molar-refractivity contribution in [3.8, 4) is 6.01 Å². The molecule has 1 aliphatic heterocycles. The van der Waals surface area contributed by atoms with E-state index in [1.54, 1.807) is 18.5 Å². The fourth-order valence-electron chi connectivity index (χ4n) is 4.14. The van der Waals surface area contributed by atoms with Crippen LogP contribution in [0.2, 0.25) is 0 Å². The highest BCUT2D eigenvalue weighted by atomic mass is 16.5. The molecule has 1 aromatic carbocycles. The number of hydrogen-bond donors (Lipinski definition) is 1. The number of aromatic amines is 1. The van der Waals surface area contributed by atoms with Gasteiger partial charge in [-0.25, -0.2) is 0 Å². The summed E-state index contributed by atoms with van der Waals surface area (Å²) < 4.78 is 6.04. The second-order valence-electron chi connectivity index (χ2n) is 7.57. The third-order valence-electron chi connectivity index (χ3n) is 5.71. The molecule has 6 nitrogen and oxygen atoms in total. The van der Waals surface area contributed by atoms with Crippen LogP contribution < -0.4 is 10.3 Å². The average molecular weight is 384 g/mol. The molecular weight excluding hydrogens is 364 g/mol. The first-order valence-corrected chi connectivity index (χ1v) is 9.67. The molecule has 0 saturated heterocycles. The van der Waals surface area contributed by atoms with Crippen molar-refractivity contribution < 1.29 is 4.74 Å². The maximum Gasteiger partial charge on any atom is 0.302 e. The van der Waals surface area contributed by atoms with Gasteiger partial charge in [0.15, 0.2) is 0 Å². The van der Waals surface area contributed by atoms with E-state index in [1.165, 1.54) is 11.3 Å². The van der Waals surface area contributed by atoms with Crippen molar-refractivity contribution in [1.82, 2.24) is 19.9 Å². The summed E-state index contributed by atoms with van der Waals surface area (Å²) in [5.41, 5.74) is 4.02. The largest absolute Gasteiger partial charge is 0.430 e. The van der Waals surface area contributed by atoms with Crippen molar-refractivity contribution in [2.75, 3.05) is 7.05 Å². The number of allylic oxidation sites excluding steroid dienone is 3. The van der Waals surface area contributed by atoms with E-state index in [2.05, 4.69) is 58.1 Å². The highest BCUT2D eigenvalue weighted by Crippen LogP contribution is 2.44. The number of nitrogens with zero attached hydrogens (tertiary/aromatic N) is 3. The molecule has 6 heteroatoms. The molecule has 0 radical (unpaired) electrons. The third-order valence-corrected chi connectivity index (χ3v) is 5.71. The van der Waals surface area contributed by atoms with Gasteiger partial charge in [0.25, 0.3) is 5.56 Å². The first-order chi connectivity index (χ1) is 14.1. The van der Waals surface area contributed by atoms with Crippen molar-refractivity contribution in [3.63, 3.8) is 0 Å². The Labute approximate surface area is 168 Å². The predicted molar refractivity (Wildman–Crippen MR) is 109 cm³/mol. The van der Waals surface area contributed by atoms with E-state index in [0.29, 0.717) is 10.9 Å². The minimum absolute atomic E-state index is 0.177. The van der Waals surface area contributed by atoms with E-state index >= 15 is 0 Å². The summed E-state index contributed by atoms with van der Waals surface area (Å²) in [5.74, 6) is 0.990. The lowest BCUT2D eigenvalue weighted by molar-refractivity contribution is 0.295. The van der Waals surface area contributed by atoms with Crippen molar-refractivity contribution in [2.45, 2.75) is 25.8 Å². The minimum atomic E-state index is -0.229. The van der Waals surface area contributed by atoms with Crippen LogP contribution in [-0.4, -0.2) is 26.9 Å². The van der Waals surface area contributed by atoms with E-state index in [-0.39, 0.29) is 23.5 Å². The highest BCUT2D eigenvalue weighted by Gasteiger charge is 2.34. The fraction of sp³-hybridized carbons (Fsp3) is 0.261. The number of pyridine rings is 1. The fourth-order valence-corrected chi connectivity index (χ4v) is 4.14. The van der Waals surface area contributed by atoms with Crippen LogP contribution >= 0.6 is 0 Å². The summed E-state index contributed by atoms with van der Waals surface area (Å²) in [6, 6.07) is 14.4. The van der Waals surface area contributed by atoms with Crippen LogP contribution in [0.25, 0.3) is 10.9 Å². The van der Waals surface area contributed by atoms with E-state index in [1.807, 2.05) is 12.1 Å². The molecule has 29 heavy (non-hydrogen) atoms. The zero-order valence-corrected chi connectivity index (χ0v) is 16.3. The predicted octanol–water partition coefficient (Wildman–Crippen LogP) is 3.55. The van der Waals surface area contributed by atoms with Crippen molar-refractivity contribution in [1.29, 1.82) is 0 Å². The summed E-state index contributed by atoms with van der Waals surface area (Å²) in [6.45, 7) is 2.12. The molecular formula is C23H20N4O2. The monoisotopic (exact) mass is 384 g/mol. The first kappa shape index (κ1) is 17.5. The molecule has 0 bridgehead atoms. The Morgan fingerprint density at radius 1 is 1.31 bits per heavy atom. The van der Waals surface area contributed by atoms with Crippen LogP contribution in [0.4, 0.5) is 0 Å². The molecule has 5 rings (SSSR count). The van der Waals surface area contributed by atoms with Gasteiger partial charge >= 0.3 is 6.01 Å². The SMILES string of the molecule is CC1CC2=C(C=C1Oc1nc3cnccc3c(=O)[nH]1)CC(c1c#cccc1)N2C. The van der Waals surface area contributed by atoms with Crippen LogP contribution in [0.5, 0.6) is 6.01 Å². The number of hydrogen-bond acceptors (Lipinski definition) is 5. The highest BCUT2D eigenvalue weighted by molar-refractivity contribution is 5.76. The molecule has 0 amide bonds. The van der Waals surface area contributed by atoms with Gasteiger partial charge in [-0.2, -0.15) is 4.98 Å². The van der Waals surface area contributed by atoms with Crippen molar-refractivity contribution in [2.24, 2.45) is 5.92 Å². The lowest BCUT2D eigenvalue weighted by atomic mass is 9.93. The molecule has 2 aromatic heterocycles. The maximum absolute atomic E-state index is 12.3. The van der Waals surface area contributed by atoms with Gasteiger partial charge in [0, 0.05) is 30.4 Å². The Morgan fingerprint density at radius 2 is 2.21 bits per heavy atom. The van der Waals surface area contributed by atoms with Crippen LogP contribution in [0, 0.1) is 18.1 Å². The molecule has 1 aliphatic carbocycles. The standard InChI is InChI=1S/C23H20N4O2/c1-14-10-19-16(11-20(27(19)2)15-6-4-3-5-7-15)12-21(14)29-23-25-18-13-24-9-8-17(18)22(28)26-23/h3-4,6,8-9,12-14,20H,10-11H2,1-2H3,(H,25,26,28). The second kappa shape index (κ2) is 6.78. The summed E-state index contributed by atoms with van der Waals surface area (Å²) in [6.07, 6.45) is 7.02. The molecule has 0 fully saturated rings. The minimum Gasteiger partial charge on any atom is -0.430 e. The van der Waals surface area contributed by atoms with E-state index < -0.39 is 0 Å². The zero-order chi connectivity index (χ0) is 20.0. The van der Waals surface area contributed by atoms with E-state index in [4.69, 9.17) is 4.74 Å². The number of aromatic nitrogens is 3. The Bertz CT molecular complexity index is 1200. The van der Waals surface area contributed by atoms with Gasteiger partial charge in [-0.15, -0.1) is 0 Å². The summed E-state index contributed by atoms with van der Waals surface area (Å²) in [4.78, 5) is 25.8. The average Bonchev–Trinajstić information content (AvgIpc) is 3.05. The number of nitrogens with one attached hydrogen (secondary N) is 1. The molecule has 0 saturated carbocycles. The third kappa shape index (κ3) is 3.05. The Morgan fingerprint density at radius 3 is 3.03 bits per heavy atom. The molecule has 2 aliphatic rings. The topological polar surface area (TPSA) is 71.1 Å². The zero-order valence-electron chi connectivity index (χ0n) is 16.3. The first-order valence-electron chi connectivity index (χ1n) is 9.67. The second-order valence-corrected chi connectivity index (χ2v) is 7.57. The van der Waals surface area contributed by atoms with Gasteiger partial charge in [-0.1, -0.05) is 25.1 Å². The summed E-state index contributed by atoms with van der Waals surface area (Å²) in [7, 11) is 2.13. The van der Waals surface area contributed by atoms with Gasteiger partial charge in [0.1, 0.15) is 5.76 Å². The van der Waals surface area contributed by atoms with Gasteiger partial charge in [0.05, 0.1) is 23.1 Å². The number of ether oxygens (including phenoxy) is 1. The van der Waals surface area contributed by atoms with Gasteiger partial charge in [-0.3, -0.25) is 14.8 Å². The van der Waals surface area contributed by atoms with Crippen LogP contribution in [0.1, 0.15) is 31.4 Å². The smallest absolute Gasteiger partial charge is 0.302 e. The number of fused-ring (bicyclic) bond motifs is 1. The quantitative estimate of drug-likeness (QED) is 0.748.